The van der Waals surface area contributed by atoms with Gasteiger partial charge in [0.1, 0.15) is 66.5 Å². The molecule has 2 fully saturated rings. The Labute approximate surface area is 591 Å². The fourth-order valence-electron chi connectivity index (χ4n) is 12.8. The van der Waals surface area contributed by atoms with Crippen molar-refractivity contribution in [1.29, 1.82) is 0 Å². The fourth-order valence-corrected chi connectivity index (χ4v) is 12.8. The van der Waals surface area contributed by atoms with Gasteiger partial charge in [-0.3, -0.25) is 62.4 Å². The van der Waals surface area contributed by atoms with Gasteiger partial charge in [0.05, 0.1) is 25.4 Å². The van der Waals surface area contributed by atoms with Crippen LogP contribution in [0.4, 0.5) is 0 Å². The Morgan fingerprint density at radius 2 is 1.00 bits per heavy atom. The number of amides is 12. The standard InChI is InChI=1S/C71H129N13O15/c1-25-52-67(93)77(18)49(15)66(92)82(23)58(50(16)99-35-29-28-32-84-33-36-98-37-34-84)63(89)76-56(44(8)9)70(96)78(19)53(38-41(2)3)62(88)73-47(13)61(87)74-48(14)65(91)79(20)54(39-42(4)5)68(94)80(21)55(40-43(6)7)69(95)81(22)57(45(10)11)71(97)83(24)59(64(90)75-52)60(86)46(12)30-26-27-31-72-51(17)85/h41-50,52-60,86H,25-40H2,1-24H3,(H,72,85)(H,73,88)(H,74,87)(H,75,90)(H,76,89)/t46-,47+,48-,49-,50-,52+,53+,54+,55+,56+,57+,58+,59+,60-/m1/s1. The molecule has 0 aromatic carbocycles. The molecule has 0 unspecified atom stereocenters. The normalized spacial score (nSPS) is 26.8. The first kappa shape index (κ1) is 88.6. The van der Waals surface area contributed by atoms with Crippen LogP contribution in [0.25, 0.3) is 0 Å². The highest BCUT2D eigenvalue weighted by Crippen LogP contribution is 2.26. The van der Waals surface area contributed by atoms with Crippen molar-refractivity contribution in [2.45, 2.75) is 254 Å². The predicted octanol–water partition coefficient (Wildman–Crippen LogP) is 2.47. The number of morpholine rings is 1. The van der Waals surface area contributed by atoms with E-state index in [0.717, 1.165) is 40.8 Å². The van der Waals surface area contributed by atoms with Gasteiger partial charge in [0.25, 0.3) is 0 Å². The van der Waals surface area contributed by atoms with Gasteiger partial charge < -0.3 is 75.5 Å². The third-order valence-corrected chi connectivity index (χ3v) is 19.3. The Morgan fingerprint density at radius 3 is 1.52 bits per heavy atom. The van der Waals surface area contributed by atoms with Gasteiger partial charge in [-0.25, -0.2) is 0 Å². The van der Waals surface area contributed by atoms with Gasteiger partial charge >= 0.3 is 0 Å². The molecule has 12 amide bonds. The third-order valence-electron chi connectivity index (χ3n) is 19.3. The van der Waals surface area contributed by atoms with Crippen LogP contribution in [0, 0.1) is 35.5 Å². The molecule has 0 aromatic heterocycles. The van der Waals surface area contributed by atoms with E-state index in [0.29, 0.717) is 45.4 Å². The van der Waals surface area contributed by atoms with Crippen LogP contribution in [-0.4, -0.2) is 289 Å². The lowest BCUT2D eigenvalue weighted by molar-refractivity contribution is -0.157. The summed E-state index contributed by atoms with van der Waals surface area (Å²) in [7, 11) is 9.84. The molecule has 14 atom stereocenters. The van der Waals surface area contributed by atoms with Gasteiger partial charge in [0.15, 0.2) is 0 Å². The second kappa shape index (κ2) is 42.0. The average Bonchev–Trinajstić information content (AvgIpc) is 0.808. The van der Waals surface area contributed by atoms with Crippen molar-refractivity contribution >= 4 is 70.9 Å². The second-order valence-electron chi connectivity index (χ2n) is 29.7. The third kappa shape index (κ3) is 26.1. The number of ether oxygens (including phenoxy) is 2. The minimum atomic E-state index is -1.68. The summed E-state index contributed by atoms with van der Waals surface area (Å²) in [5.41, 5.74) is 0. The highest BCUT2D eigenvalue weighted by Gasteiger charge is 2.47. The van der Waals surface area contributed by atoms with Crippen LogP contribution in [0.2, 0.25) is 0 Å². The van der Waals surface area contributed by atoms with E-state index < -0.39 is 161 Å². The Morgan fingerprint density at radius 1 is 0.515 bits per heavy atom. The van der Waals surface area contributed by atoms with Gasteiger partial charge in [0, 0.05) is 82.5 Å². The first-order chi connectivity index (χ1) is 46.1. The fraction of sp³-hybridized carbons (Fsp3) is 0.831. The highest BCUT2D eigenvalue weighted by molar-refractivity contribution is 6.00. The van der Waals surface area contributed by atoms with Crippen LogP contribution in [0.3, 0.4) is 0 Å². The first-order valence-corrected chi connectivity index (χ1v) is 36.0. The smallest absolute Gasteiger partial charge is 0.246 e. The molecule has 568 valence electrons. The summed E-state index contributed by atoms with van der Waals surface area (Å²) in [6, 6.07) is -14.4. The van der Waals surface area contributed by atoms with Crippen LogP contribution < -0.4 is 26.6 Å². The molecule has 28 heteroatoms. The summed E-state index contributed by atoms with van der Waals surface area (Å²) in [6.45, 7) is 33.0. The van der Waals surface area contributed by atoms with E-state index in [-0.39, 0.29) is 56.0 Å². The van der Waals surface area contributed by atoms with Crippen molar-refractivity contribution in [3.63, 3.8) is 0 Å². The van der Waals surface area contributed by atoms with Crippen molar-refractivity contribution in [2.24, 2.45) is 35.5 Å². The van der Waals surface area contributed by atoms with Gasteiger partial charge in [-0.2, -0.15) is 0 Å². The van der Waals surface area contributed by atoms with Crippen molar-refractivity contribution in [3.8, 4) is 0 Å². The molecule has 2 saturated heterocycles. The van der Waals surface area contributed by atoms with Crippen LogP contribution in [0.5, 0.6) is 0 Å². The number of carbonyl (C=O) groups excluding carboxylic acids is 12. The molecule has 28 nitrogen and oxygen atoms in total. The van der Waals surface area contributed by atoms with E-state index >= 15 is 28.8 Å². The summed E-state index contributed by atoms with van der Waals surface area (Å²) >= 11 is 0. The summed E-state index contributed by atoms with van der Waals surface area (Å²) in [5.74, 6) is -10.5. The number of unbranched alkanes of at least 4 members (excludes halogenated alkanes) is 2. The van der Waals surface area contributed by atoms with Crippen LogP contribution in [0.15, 0.2) is 0 Å². The molecule has 0 bridgehead atoms. The number of nitrogens with one attached hydrogen (secondary N) is 5. The largest absolute Gasteiger partial charge is 0.390 e. The van der Waals surface area contributed by atoms with E-state index in [1.54, 1.807) is 48.5 Å². The van der Waals surface area contributed by atoms with Crippen LogP contribution >= 0.6 is 0 Å². The number of carbonyl (C=O) groups is 12. The number of nitrogens with zero attached hydrogens (tertiary/aromatic N) is 8. The Balaban J connectivity index is 3.02. The molecule has 2 aliphatic heterocycles. The van der Waals surface area contributed by atoms with E-state index in [1.165, 1.54) is 96.6 Å². The quantitative estimate of drug-likeness (QED) is 0.0801. The minimum Gasteiger partial charge on any atom is -0.390 e. The first-order valence-electron chi connectivity index (χ1n) is 36.0. The summed E-state index contributed by atoms with van der Waals surface area (Å²) in [6.07, 6.45) is 0.529. The number of aliphatic hydroxyl groups is 1. The summed E-state index contributed by atoms with van der Waals surface area (Å²) < 4.78 is 11.9. The number of aliphatic hydroxyl groups excluding tert-OH is 1. The molecular formula is C71H129N13O15. The molecule has 2 rings (SSSR count). The monoisotopic (exact) mass is 1400 g/mol. The zero-order valence-corrected chi connectivity index (χ0v) is 64.5. The van der Waals surface area contributed by atoms with Crippen LogP contribution in [0.1, 0.15) is 175 Å². The van der Waals surface area contributed by atoms with Gasteiger partial charge in [0.2, 0.25) is 70.9 Å². The molecule has 2 aliphatic rings. The topological polar surface area (TPSA) is 330 Å². The minimum absolute atomic E-state index is 0.0323. The molecule has 0 aromatic rings. The van der Waals surface area contributed by atoms with Crippen molar-refractivity contribution in [3.05, 3.63) is 0 Å². The Bertz CT molecular complexity index is 2670. The average molecular weight is 1400 g/mol. The van der Waals surface area contributed by atoms with E-state index in [1.807, 2.05) is 41.5 Å². The number of likely N-dealkylation sites (N-methyl/N-ethyl adjacent to an activating group) is 7. The molecular weight excluding hydrogens is 1270 g/mol. The lowest BCUT2D eigenvalue weighted by Gasteiger charge is -2.41. The maximum Gasteiger partial charge on any atom is 0.246 e. The van der Waals surface area contributed by atoms with E-state index in [9.17, 15) is 33.9 Å². The molecule has 99 heavy (non-hydrogen) atoms. The lowest BCUT2D eigenvalue weighted by atomic mass is 9.90. The maximum absolute atomic E-state index is 15.4. The highest BCUT2D eigenvalue weighted by atomic mass is 16.5. The Hall–Kier alpha value is -6.52. The Kier molecular flexibility index (Phi) is 37.6. The van der Waals surface area contributed by atoms with E-state index in [4.69, 9.17) is 9.47 Å². The summed E-state index contributed by atoms with van der Waals surface area (Å²) in [4.78, 5) is 186. The molecule has 6 N–H and O–H groups in total. The molecule has 0 radical (unpaired) electrons. The van der Waals surface area contributed by atoms with Crippen LogP contribution in [-0.2, 0) is 67.0 Å². The molecule has 0 spiro atoms. The molecule has 2 heterocycles. The maximum atomic E-state index is 15.4. The number of hydrogen-bond donors (Lipinski definition) is 6. The zero-order valence-electron chi connectivity index (χ0n) is 64.5. The second-order valence-corrected chi connectivity index (χ2v) is 29.7. The molecule has 0 saturated carbocycles. The van der Waals surface area contributed by atoms with Gasteiger partial charge in [-0.05, 0) is 121 Å². The predicted molar refractivity (Wildman–Crippen MR) is 379 cm³/mol. The van der Waals surface area contributed by atoms with Gasteiger partial charge in [-0.15, -0.1) is 0 Å². The molecule has 0 aliphatic carbocycles. The number of hydrogen-bond acceptors (Lipinski definition) is 16. The number of rotatable bonds is 23. The summed E-state index contributed by atoms with van der Waals surface area (Å²) in [5, 5.41) is 26.2. The van der Waals surface area contributed by atoms with E-state index in [2.05, 4.69) is 31.5 Å². The van der Waals surface area contributed by atoms with Crippen molar-refractivity contribution in [1.82, 2.24) is 65.8 Å². The van der Waals surface area contributed by atoms with Crippen molar-refractivity contribution in [2.75, 3.05) is 95.3 Å². The van der Waals surface area contributed by atoms with Crippen molar-refractivity contribution < 1.29 is 72.1 Å². The van der Waals surface area contributed by atoms with Gasteiger partial charge in [-0.1, -0.05) is 89.5 Å². The lowest BCUT2D eigenvalue weighted by Crippen LogP contribution is -2.64. The zero-order chi connectivity index (χ0) is 75.8. The SMILES string of the molecule is CC[C@@H]1NC(=O)[C@H]([C@H](O)[C@H](C)CCCCNC(C)=O)N(C)C(=O)[C@H](C(C)C)N(C)C(=O)[C@H](CC(C)C)N(C)C(=O)[C@H](CC(C)C)N(C)C(=O)[C@@H](C)NC(=O)[C@H](C)NC(=O)[C@H](CC(C)C)N(C)C(=O)[C@H](C(C)C)NC(=O)[C@H]([C@@H](C)OCCCCN2CCOCC2)N(C)C(=O)[C@@H](C)N(C)C1=O.